The minimum absolute atomic E-state index is 0.0713. The number of nitrogens with one attached hydrogen (secondary N) is 2. The summed E-state index contributed by atoms with van der Waals surface area (Å²) in [6.07, 6.45) is 7.84. The first-order chi connectivity index (χ1) is 22.5. The number of aryl methyl sites for hydroxylation is 1. The monoisotopic (exact) mass is 616 g/mol. The van der Waals surface area contributed by atoms with Gasteiger partial charge in [-0.3, -0.25) is 9.59 Å². The molecule has 5 rings (SSSR count). The Morgan fingerprint density at radius 1 is 0.783 bits per heavy atom. The molecule has 0 atom stereocenters. The molecule has 5 aromatic rings. The third kappa shape index (κ3) is 9.08. The Labute approximate surface area is 271 Å². The molecule has 0 saturated heterocycles. The number of hydrogen-bond donors (Lipinski definition) is 4. The number of H-pyrrole nitrogens is 1. The number of aromatic nitrogens is 1. The van der Waals surface area contributed by atoms with E-state index >= 15 is 0 Å². The molecule has 0 spiro atoms. The van der Waals surface area contributed by atoms with Crippen LogP contribution in [0.2, 0.25) is 0 Å². The third-order valence-corrected chi connectivity index (χ3v) is 8.42. The largest absolute Gasteiger partial charge is 0.508 e. The lowest BCUT2D eigenvalue weighted by molar-refractivity contribution is -0.131. The van der Waals surface area contributed by atoms with Crippen LogP contribution in [-0.2, 0) is 24.2 Å². The highest BCUT2D eigenvalue weighted by atomic mass is 16.3. The topological polar surface area (TPSA) is 111 Å². The molecule has 0 saturated carbocycles. The van der Waals surface area contributed by atoms with Gasteiger partial charge in [0.05, 0.1) is 0 Å². The zero-order valence-corrected chi connectivity index (χ0v) is 26.4. The molecule has 46 heavy (non-hydrogen) atoms. The second kappa shape index (κ2) is 16.4. The second-order valence-corrected chi connectivity index (χ2v) is 11.8. The fourth-order valence-corrected chi connectivity index (χ4v) is 5.79. The Balaban J connectivity index is 1.27. The summed E-state index contributed by atoms with van der Waals surface area (Å²) < 4.78 is 0. The van der Waals surface area contributed by atoms with E-state index in [9.17, 15) is 14.7 Å². The minimum atomic E-state index is -0.0713. The summed E-state index contributed by atoms with van der Waals surface area (Å²) >= 11 is 0. The standard InChI is InChI=1S/C39H44N4O3/c40-22-5-1-2-6-23-41-39(46)33-12-8-11-32(26-33)31-10-7-9-30(25-31)28-43(24-21-29-15-18-35(44)19-16-29)38(45)20-17-34-27-42-37-14-4-3-13-36(34)37/h3-4,7-16,18-19,25-27,42,44H,1-2,5-6,17,20-24,28,40H2,(H,41,46). The van der Waals surface area contributed by atoms with Gasteiger partial charge in [0, 0.05) is 48.7 Å². The van der Waals surface area contributed by atoms with Gasteiger partial charge >= 0.3 is 0 Å². The molecule has 0 unspecified atom stereocenters. The smallest absolute Gasteiger partial charge is 0.251 e. The first kappa shape index (κ1) is 32.5. The summed E-state index contributed by atoms with van der Waals surface area (Å²) in [6.45, 7) is 2.39. The molecule has 238 valence electrons. The van der Waals surface area contributed by atoms with Crippen molar-refractivity contribution in [3.05, 3.63) is 126 Å². The van der Waals surface area contributed by atoms with Crippen LogP contribution in [0.3, 0.4) is 0 Å². The first-order valence-corrected chi connectivity index (χ1v) is 16.3. The van der Waals surface area contributed by atoms with Gasteiger partial charge in [0.15, 0.2) is 0 Å². The molecule has 0 aliphatic heterocycles. The van der Waals surface area contributed by atoms with Crippen molar-refractivity contribution in [1.82, 2.24) is 15.2 Å². The molecule has 0 fully saturated rings. The average Bonchev–Trinajstić information content (AvgIpc) is 3.51. The first-order valence-electron chi connectivity index (χ1n) is 16.3. The number of nitrogens with two attached hydrogens (primary N) is 1. The van der Waals surface area contributed by atoms with E-state index in [0.29, 0.717) is 51.0 Å². The van der Waals surface area contributed by atoms with Crippen LogP contribution in [0.25, 0.3) is 22.0 Å². The van der Waals surface area contributed by atoms with Gasteiger partial charge in [0.2, 0.25) is 5.91 Å². The van der Waals surface area contributed by atoms with E-state index in [1.807, 2.05) is 83.9 Å². The van der Waals surface area contributed by atoms with Gasteiger partial charge < -0.3 is 26.0 Å². The maximum Gasteiger partial charge on any atom is 0.251 e. The number of benzene rings is 4. The fraction of sp³-hybridized carbons (Fsp3) is 0.282. The molecule has 1 heterocycles. The Bertz CT molecular complexity index is 1730. The van der Waals surface area contributed by atoms with Crippen LogP contribution in [0.1, 0.15) is 59.2 Å². The summed E-state index contributed by atoms with van der Waals surface area (Å²) in [5, 5.41) is 13.9. The van der Waals surface area contributed by atoms with Gasteiger partial charge in [-0.05, 0) is 96.4 Å². The zero-order valence-electron chi connectivity index (χ0n) is 26.4. The molecule has 0 radical (unpaired) electrons. The molecule has 7 nitrogen and oxygen atoms in total. The van der Waals surface area contributed by atoms with Gasteiger partial charge in [-0.25, -0.2) is 0 Å². The molecule has 0 aliphatic carbocycles. The van der Waals surface area contributed by atoms with E-state index < -0.39 is 0 Å². The highest BCUT2D eigenvalue weighted by Gasteiger charge is 2.16. The van der Waals surface area contributed by atoms with E-state index in [0.717, 1.165) is 64.4 Å². The van der Waals surface area contributed by atoms with E-state index in [-0.39, 0.29) is 17.6 Å². The maximum atomic E-state index is 13.7. The van der Waals surface area contributed by atoms with Crippen molar-refractivity contribution in [3.8, 4) is 16.9 Å². The van der Waals surface area contributed by atoms with E-state index in [2.05, 4.69) is 22.4 Å². The Kier molecular flexibility index (Phi) is 11.6. The summed E-state index contributed by atoms with van der Waals surface area (Å²) in [4.78, 5) is 31.8. The van der Waals surface area contributed by atoms with E-state index in [1.165, 1.54) is 0 Å². The Morgan fingerprint density at radius 2 is 1.54 bits per heavy atom. The number of aromatic amines is 1. The summed E-state index contributed by atoms with van der Waals surface area (Å²) in [5.41, 5.74) is 12.5. The Morgan fingerprint density at radius 3 is 2.37 bits per heavy atom. The lowest BCUT2D eigenvalue weighted by atomic mass is 10.0. The molecule has 0 aliphatic rings. The van der Waals surface area contributed by atoms with Crippen molar-refractivity contribution in [2.45, 2.75) is 51.5 Å². The number of phenols is 1. The number of unbranched alkanes of at least 4 members (excludes halogenated alkanes) is 3. The normalized spacial score (nSPS) is 11.1. The van der Waals surface area contributed by atoms with Crippen LogP contribution in [0.5, 0.6) is 5.75 Å². The van der Waals surface area contributed by atoms with Crippen LogP contribution >= 0.6 is 0 Å². The van der Waals surface area contributed by atoms with E-state index in [1.54, 1.807) is 12.1 Å². The molecule has 0 bridgehead atoms. The number of carbonyl (C=O) groups excluding carboxylic acids is 2. The number of carbonyl (C=O) groups is 2. The van der Waals surface area contributed by atoms with Gasteiger partial charge in [0.25, 0.3) is 5.91 Å². The van der Waals surface area contributed by atoms with Crippen molar-refractivity contribution in [2.75, 3.05) is 19.6 Å². The molecule has 4 aromatic carbocycles. The van der Waals surface area contributed by atoms with Gasteiger partial charge in [0.1, 0.15) is 5.75 Å². The molecule has 7 heteroatoms. The number of phenolic OH excluding ortho intramolecular Hbond substituents is 1. The van der Waals surface area contributed by atoms with Crippen LogP contribution in [0.15, 0.2) is 103 Å². The van der Waals surface area contributed by atoms with Gasteiger partial charge in [-0.2, -0.15) is 0 Å². The molecule has 5 N–H and O–H groups in total. The fourth-order valence-electron chi connectivity index (χ4n) is 5.79. The molecule has 1 aromatic heterocycles. The van der Waals surface area contributed by atoms with Gasteiger partial charge in [-0.15, -0.1) is 0 Å². The number of nitrogens with zero attached hydrogens (tertiary/aromatic N) is 1. The minimum Gasteiger partial charge on any atom is -0.508 e. The second-order valence-electron chi connectivity index (χ2n) is 11.8. The number of para-hydroxylation sites is 1. The molecule has 2 amide bonds. The third-order valence-electron chi connectivity index (χ3n) is 8.42. The SMILES string of the molecule is NCCCCCCNC(=O)c1cccc(-c2cccc(CN(CCc3ccc(O)cc3)C(=O)CCc3c[nH]c4ccccc34)c2)c1. The number of aromatic hydroxyl groups is 1. The number of rotatable bonds is 16. The van der Waals surface area contributed by atoms with Crippen LogP contribution < -0.4 is 11.1 Å². The number of amides is 2. The van der Waals surface area contributed by atoms with Crippen LogP contribution in [0, 0.1) is 0 Å². The predicted molar refractivity (Wildman–Crippen MR) is 186 cm³/mol. The average molecular weight is 617 g/mol. The van der Waals surface area contributed by atoms with Crippen molar-refractivity contribution in [3.63, 3.8) is 0 Å². The lowest BCUT2D eigenvalue weighted by Crippen LogP contribution is -2.32. The van der Waals surface area contributed by atoms with Crippen molar-refractivity contribution >= 4 is 22.7 Å². The Hall–Kier alpha value is -4.88. The van der Waals surface area contributed by atoms with Gasteiger partial charge in [-0.1, -0.05) is 73.5 Å². The molecular weight excluding hydrogens is 572 g/mol. The number of fused-ring (bicyclic) bond motifs is 1. The number of hydrogen-bond acceptors (Lipinski definition) is 4. The summed E-state index contributed by atoms with van der Waals surface area (Å²) in [6, 6.07) is 31.2. The van der Waals surface area contributed by atoms with Crippen molar-refractivity contribution in [2.24, 2.45) is 5.73 Å². The highest BCUT2D eigenvalue weighted by Crippen LogP contribution is 2.24. The van der Waals surface area contributed by atoms with Crippen molar-refractivity contribution < 1.29 is 14.7 Å². The predicted octanol–water partition coefficient (Wildman–Crippen LogP) is 6.99. The zero-order chi connectivity index (χ0) is 32.1. The maximum absolute atomic E-state index is 13.7. The lowest BCUT2D eigenvalue weighted by Gasteiger charge is -2.23. The van der Waals surface area contributed by atoms with E-state index in [4.69, 9.17) is 5.73 Å². The van der Waals surface area contributed by atoms with Crippen LogP contribution in [0.4, 0.5) is 0 Å². The summed E-state index contributed by atoms with van der Waals surface area (Å²) in [5.74, 6) is 0.251. The summed E-state index contributed by atoms with van der Waals surface area (Å²) in [7, 11) is 0. The quantitative estimate of drug-likeness (QED) is 0.0895. The highest BCUT2D eigenvalue weighted by molar-refractivity contribution is 5.95. The van der Waals surface area contributed by atoms with Crippen LogP contribution in [-0.4, -0.2) is 46.4 Å². The molecular formula is C39H44N4O3. The van der Waals surface area contributed by atoms with Crippen molar-refractivity contribution in [1.29, 1.82) is 0 Å².